The topological polar surface area (TPSA) is 35.8 Å². The summed E-state index contributed by atoms with van der Waals surface area (Å²) in [4.78, 5) is 0. The Bertz CT molecular complexity index is 351. The Morgan fingerprint density at radius 3 is 3.00 bits per heavy atom. The molecule has 4 heteroatoms. The highest BCUT2D eigenvalue weighted by atomic mass is 32.2. The summed E-state index contributed by atoms with van der Waals surface area (Å²) in [5.74, 6) is 1.41. The van der Waals surface area contributed by atoms with Crippen LogP contribution in [0, 0.1) is 17.2 Å². The zero-order valence-corrected chi connectivity index (χ0v) is 10.3. The Hall–Kier alpha value is -0.500. The standard InChI is InChI=1S/C11H14N2S2/c1-13-11(7-12,9-4-5-9)8-15-10-3-2-6-14-10/h2-3,6,9,13H,4-5,8H2,1H3. The largest absolute Gasteiger partial charge is 0.302 e. The minimum absolute atomic E-state index is 0.311. The summed E-state index contributed by atoms with van der Waals surface area (Å²) in [5.41, 5.74) is -0.311. The van der Waals surface area contributed by atoms with Gasteiger partial charge in [0.05, 0.1) is 10.3 Å². The molecule has 0 radical (unpaired) electrons. The maximum absolute atomic E-state index is 9.29. The molecule has 1 N–H and O–H groups in total. The highest BCUT2D eigenvalue weighted by Gasteiger charge is 2.44. The Kier molecular flexibility index (Phi) is 3.35. The number of hydrogen-bond donors (Lipinski definition) is 1. The summed E-state index contributed by atoms with van der Waals surface area (Å²) in [5, 5.41) is 14.6. The first-order valence-corrected chi connectivity index (χ1v) is 6.94. The molecule has 0 saturated heterocycles. The molecule has 1 aliphatic carbocycles. The quantitative estimate of drug-likeness (QED) is 0.801. The molecule has 1 unspecified atom stereocenters. The SMILES string of the molecule is CNC(C#N)(CSc1cccs1)C1CC1. The number of nitrogens with one attached hydrogen (secondary N) is 1. The molecular weight excluding hydrogens is 224 g/mol. The van der Waals surface area contributed by atoms with Gasteiger partial charge in [-0.3, -0.25) is 0 Å². The number of thioether (sulfide) groups is 1. The van der Waals surface area contributed by atoms with E-state index in [4.69, 9.17) is 0 Å². The number of nitrogens with zero attached hydrogens (tertiary/aromatic N) is 1. The van der Waals surface area contributed by atoms with Gasteiger partial charge in [-0.2, -0.15) is 5.26 Å². The lowest BCUT2D eigenvalue weighted by Crippen LogP contribution is -2.46. The van der Waals surface area contributed by atoms with Crippen LogP contribution in [0.5, 0.6) is 0 Å². The lowest BCUT2D eigenvalue weighted by molar-refractivity contribution is 0.441. The molecule has 1 aliphatic rings. The zero-order chi connectivity index (χ0) is 10.7. The van der Waals surface area contributed by atoms with E-state index in [0.29, 0.717) is 5.92 Å². The van der Waals surface area contributed by atoms with Gasteiger partial charge in [0.2, 0.25) is 0 Å². The van der Waals surface area contributed by atoms with Crippen molar-refractivity contribution in [3.63, 3.8) is 0 Å². The molecule has 2 nitrogen and oxygen atoms in total. The number of nitriles is 1. The second kappa shape index (κ2) is 4.56. The van der Waals surface area contributed by atoms with Gasteiger partial charge < -0.3 is 5.32 Å². The van der Waals surface area contributed by atoms with E-state index >= 15 is 0 Å². The normalized spacial score (nSPS) is 19.5. The van der Waals surface area contributed by atoms with Crippen molar-refractivity contribution >= 4 is 23.1 Å². The molecule has 1 heterocycles. The van der Waals surface area contributed by atoms with E-state index in [0.717, 1.165) is 5.75 Å². The van der Waals surface area contributed by atoms with Crippen molar-refractivity contribution in [3.05, 3.63) is 17.5 Å². The van der Waals surface area contributed by atoms with Crippen molar-refractivity contribution in [1.82, 2.24) is 5.32 Å². The predicted molar refractivity (Wildman–Crippen MR) is 65.2 cm³/mol. The van der Waals surface area contributed by atoms with E-state index in [9.17, 15) is 5.26 Å². The van der Waals surface area contributed by atoms with Gasteiger partial charge in [-0.15, -0.1) is 23.1 Å². The predicted octanol–water partition coefficient (Wildman–Crippen LogP) is 2.73. The molecule has 1 aromatic heterocycles. The van der Waals surface area contributed by atoms with Crippen LogP contribution in [-0.2, 0) is 0 Å². The van der Waals surface area contributed by atoms with Crippen molar-refractivity contribution in [3.8, 4) is 6.07 Å². The molecule has 1 atom stereocenters. The molecule has 1 saturated carbocycles. The van der Waals surface area contributed by atoms with Crippen LogP contribution in [0.15, 0.2) is 21.7 Å². The lowest BCUT2D eigenvalue weighted by Gasteiger charge is -2.25. The summed E-state index contributed by atoms with van der Waals surface area (Å²) in [6, 6.07) is 6.63. The average molecular weight is 238 g/mol. The highest BCUT2D eigenvalue weighted by molar-refractivity contribution is 8.01. The third-order valence-corrected chi connectivity index (χ3v) is 5.18. The van der Waals surface area contributed by atoms with Crippen molar-refractivity contribution in [2.24, 2.45) is 5.92 Å². The van der Waals surface area contributed by atoms with E-state index in [1.807, 2.05) is 7.05 Å². The number of hydrogen-bond acceptors (Lipinski definition) is 4. The summed E-state index contributed by atoms with van der Waals surface area (Å²) in [6.07, 6.45) is 2.39. The molecule has 1 aromatic rings. The van der Waals surface area contributed by atoms with Crippen LogP contribution in [0.25, 0.3) is 0 Å². The van der Waals surface area contributed by atoms with Crippen molar-refractivity contribution in [2.75, 3.05) is 12.8 Å². The van der Waals surface area contributed by atoms with Crippen molar-refractivity contribution in [2.45, 2.75) is 22.6 Å². The Labute approximate surface area is 98.7 Å². The molecule has 2 rings (SSSR count). The summed E-state index contributed by atoms with van der Waals surface area (Å²) in [6.45, 7) is 0. The monoisotopic (exact) mass is 238 g/mol. The maximum Gasteiger partial charge on any atom is 0.118 e. The van der Waals surface area contributed by atoms with Crippen LogP contribution < -0.4 is 5.32 Å². The van der Waals surface area contributed by atoms with Crippen LogP contribution in [-0.4, -0.2) is 18.3 Å². The van der Waals surface area contributed by atoms with Gasteiger partial charge in [0.25, 0.3) is 0 Å². The Morgan fingerprint density at radius 2 is 2.53 bits per heavy atom. The third kappa shape index (κ3) is 2.36. The molecular formula is C11H14N2S2. The van der Waals surface area contributed by atoms with E-state index in [-0.39, 0.29) is 5.54 Å². The minimum atomic E-state index is -0.311. The van der Waals surface area contributed by atoms with Gasteiger partial charge in [-0.05, 0) is 37.3 Å². The van der Waals surface area contributed by atoms with Gasteiger partial charge in [-0.1, -0.05) is 6.07 Å². The van der Waals surface area contributed by atoms with Crippen LogP contribution >= 0.6 is 23.1 Å². The smallest absolute Gasteiger partial charge is 0.118 e. The first-order valence-electron chi connectivity index (χ1n) is 5.07. The van der Waals surface area contributed by atoms with Crippen LogP contribution in [0.4, 0.5) is 0 Å². The minimum Gasteiger partial charge on any atom is -0.302 e. The van der Waals surface area contributed by atoms with Gasteiger partial charge in [0, 0.05) is 5.75 Å². The fraction of sp³-hybridized carbons (Fsp3) is 0.545. The lowest BCUT2D eigenvalue weighted by atomic mass is 9.98. The molecule has 0 aliphatic heterocycles. The fourth-order valence-corrected chi connectivity index (χ4v) is 3.73. The molecule has 15 heavy (non-hydrogen) atoms. The van der Waals surface area contributed by atoms with Crippen LogP contribution in [0.2, 0.25) is 0 Å². The van der Waals surface area contributed by atoms with Gasteiger partial charge >= 0.3 is 0 Å². The molecule has 1 fully saturated rings. The summed E-state index contributed by atoms with van der Waals surface area (Å²) >= 11 is 3.53. The highest BCUT2D eigenvalue weighted by Crippen LogP contribution is 2.42. The van der Waals surface area contributed by atoms with E-state index in [1.165, 1.54) is 17.1 Å². The fourth-order valence-electron chi connectivity index (χ4n) is 1.68. The Morgan fingerprint density at radius 1 is 1.73 bits per heavy atom. The molecule has 0 bridgehead atoms. The first kappa shape index (κ1) is 11.0. The van der Waals surface area contributed by atoms with E-state index in [2.05, 4.69) is 28.9 Å². The van der Waals surface area contributed by atoms with E-state index in [1.54, 1.807) is 23.1 Å². The van der Waals surface area contributed by atoms with Crippen LogP contribution in [0.1, 0.15) is 12.8 Å². The number of thiophene rings is 1. The molecule has 80 valence electrons. The second-order valence-electron chi connectivity index (χ2n) is 3.83. The third-order valence-electron chi connectivity index (χ3n) is 2.86. The van der Waals surface area contributed by atoms with Crippen molar-refractivity contribution in [1.29, 1.82) is 5.26 Å². The van der Waals surface area contributed by atoms with E-state index < -0.39 is 0 Å². The number of rotatable bonds is 5. The Balaban J connectivity index is 1.98. The maximum atomic E-state index is 9.29. The molecule has 0 amide bonds. The van der Waals surface area contributed by atoms with Crippen molar-refractivity contribution < 1.29 is 0 Å². The average Bonchev–Trinajstić information content (AvgIpc) is 2.99. The first-order chi connectivity index (χ1) is 7.30. The van der Waals surface area contributed by atoms with Crippen LogP contribution in [0.3, 0.4) is 0 Å². The zero-order valence-electron chi connectivity index (χ0n) is 8.69. The van der Waals surface area contributed by atoms with Gasteiger partial charge in [0.1, 0.15) is 5.54 Å². The summed E-state index contributed by atoms with van der Waals surface area (Å²) < 4.78 is 1.30. The molecule has 0 spiro atoms. The van der Waals surface area contributed by atoms with Gasteiger partial charge in [0.15, 0.2) is 0 Å². The van der Waals surface area contributed by atoms with Gasteiger partial charge in [-0.25, -0.2) is 0 Å². The second-order valence-corrected chi connectivity index (χ2v) is 6.05. The summed E-state index contributed by atoms with van der Waals surface area (Å²) in [7, 11) is 1.90. The molecule has 0 aromatic carbocycles.